The molecule has 0 saturated carbocycles. The van der Waals surface area contributed by atoms with Gasteiger partial charge < -0.3 is 4.52 Å². The molecule has 2 heterocycles. The minimum atomic E-state index is 0.383. The Bertz CT molecular complexity index is 605. The third-order valence-corrected chi connectivity index (χ3v) is 4.54. The maximum atomic E-state index is 6.09. The third kappa shape index (κ3) is 3.27. The fourth-order valence-electron chi connectivity index (χ4n) is 2.99. The molecule has 1 unspecified atom stereocenters. The van der Waals surface area contributed by atoms with Crippen molar-refractivity contribution in [2.45, 2.75) is 38.6 Å². The van der Waals surface area contributed by atoms with Crippen LogP contribution in [0.3, 0.4) is 0 Å². The van der Waals surface area contributed by atoms with E-state index in [1.807, 2.05) is 19.1 Å². The Morgan fingerprint density at radius 2 is 2.10 bits per heavy atom. The lowest BCUT2D eigenvalue weighted by Gasteiger charge is -2.35. The van der Waals surface area contributed by atoms with Gasteiger partial charge in [-0.2, -0.15) is 4.98 Å². The Hall–Kier alpha value is -1.39. The summed E-state index contributed by atoms with van der Waals surface area (Å²) in [5.41, 5.74) is 1.27. The number of aryl methyl sites for hydroxylation is 1. The quantitative estimate of drug-likeness (QED) is 0.860. The number of rotatable bonds is 3. The van der Waals surface area contributed by atoms with Gasteiger partial charge in [0, 0.05) is 17.0 Å². The van der Waals surface area contributed by atoms with Crippen LogP contribution in [0.15, 0.2) is 28.8 Å². The largest absolute Gasteiger partial charge is 0.339 e. The molecule has 1 aromatic heterocycles. The molecule has 1 saturated heterocycles. The summed E-state index contributed by atoms with van der Waals surface area (Å²) in [6, 6.07) is 8.52. The standard InChI is InChI=1S/C16H20ClN3O/c1-11(14-4-3-5-15(17)10-14)20-8-6-13(7-9-20)16-18-12(2)19-21-16/h3-5,10-11,13H,6-9H2,1-2H3. The Balaban J connectivity index is 1.63. The fraction of sp³-hybridized carbons (Fsp3) is 0.500. The van der Waals surface area contributed by atoms with Gasteiger partial charge in [0.2, 0.25) is 5.89 Å². The molecule has 0 aliphatic carbocycles. The molecule has 0 amide bonds. The summed E-state index contributed by atoms with van der Waals surface area (Å²) in [6.45, 7) is 6.19. The fourth-order valence-corrected chi connectivity index (χ4v) is 3.19. The summed E-state index contributed by atoms with van der Waals surface area (Å²) in [5.74, 6) is 1.91. The van der Waals surface area contributed by atoms with Gasteiger partial charge in [0.05, 0.1) is 0 Å². The highest BCUT2D eigenvalue weighted by atomic mass is 35.5. The minimum Gasteiger partial charge on any atom is -0.339 e. The number of halogens is 1. The predicted molar refractivity (Wildman–Crippen MR) is 82.5 cm³/mol. The van der Waals surface area contributed by atoms with Crippen LogP contribution in [0.1, 0.15) is 49.0 Å². The lowest BCUT2D eigenvalue weighted by atomic mass is 9.94. The number of hydrogen-bond donors (Lipinski definition) is 0. The van der Waals surface area contributed by atoms with Gasteiger partial charge in [-0.3, -0.25) is 4.90 Å². The first-order valence-corrected chi connectivity index (χ1v) is 7.81. The third-order valence-electron chi connectivity index (χ3n) is 4.30. The molecule has 0 N–H and O–H groups in total. The molecular formula is C16H20ClN3O. The van der Waals surface area contributed by atoms with Gasteiger partial charge in [0.1, 0.15) is 0 Å². The normalized spacial score (nSPS) is 18.8. The van der Waals surface area contributed by atoms with Crippen molar-refractivity contribution in [3.8, 4) is 0 Å². The lowest BCUT2D eigenvalue weighted by Crippen LogP contribution is -2.35. The Morgan fingerprint density at radius 1 is 1.33 bits per heavy atom. The van der Waals surface area contributed by atoms with Crippen LogP contribution < -0.4 is 0 Å². The van der Waals surface area contributed by atoms with E-state index in [0.717, 1.165) is 42.7 Å². The van der Waals surface area contributed by atoms with Crippen LogP contribution in [-0.2, 0) is 0 Å². The SMILES string of the molecule is Cc1noc(C2CCN(C(C)c3cccc(Cl)c3)CC2)n1. The molecule has 1 atom stereocenters. The van der Waals surface area contributed by atoms with Gasteiger partial charge in [-0.25, -0.2) is 0 Å². The summed E-state index contributed by atoms with van der Waals surface area (Å²) in [5, 5.41) is 4.69. The molecule has 1 aliphatic rings. The number of likely N-dealkylation sites (tertiary alicyclic amines) is 1. The number of hydrogen-bond acceptors (Lipinski definition) is 4. The minimum absolute atomic E-state index is 0.383. The highest BCUT2D eigenvalue weighted by Gasteiger charge is 2.27. The molecule has 112 valence electrons. The van der Waals surface area contributed by atoms with Gasteiger partial charge in [-0.1, -0.05) is 28.9 Å². The molecule has 1 aromatic carbocycles. The van der Waals surface area contributed by atoms with E-state index in [1.54, 1.807) is 0 Å². The molecule has 1 fully saturated rings. The highest BCUT2D eigenvalue weighted by Crippen LogP contribution is 2.31. The first-order chi connectivity index (χ1) is 10.1. The molecule has 1 aliphatic heterocycles. The predicted octanol–water partition coefficient (Wildman–Crippen LogP) is 3.97. The number of aromatic nitrogens is 2. The van der Waals surface area contributed by atoms with Gasteiger partial charge >= 0.3 is 0 Å². The Kier molecular flexibility index (Phi) is 4.27. The van der Waals surface area contributed by atoms with Crippen LogP contribution >= 0.6 is 11.6 Å². The first kappa shape index (κ1) is 14.5. The van der Waals surface area contributed by atoms with Crippen molar-refractivity contribution in [2.24, 2.45) is 0 Å². The smallest absolute Gasteiger partial charge is 0.229 e. The molecule has 4 nitrogen and oxygen atoms in total. The van der Waals surface area contributed by atoms with Crippen molar-refractivity contribution in [3.63, 3.8) is 0 Å². The molecule has 21 heavy (non-hydrogen) atoms. The summed E-state index contributed by atoms with van der Waals surface area (Å²) in [4.78, 5) is 6.85. The van der Waals surface area contributed by atoms with Crippen LogP contribution in [0.25, 0.3) is 0 Å². The topological polar surface area (TPSA) is 42.2 Å². The van der Waals surface area contributed by atoms with E-state index in [9.17, 15) is 0 Å². The second-order valence-corrected chi connectivity index (χ2v) is 6.16. The zero-order valence-electron chi connectivity index (χ0n) is 12.4. The zero-order chi connectivity index (χ0) is 14.8. The van der Waals surface area contributed by atoms with Crippen LogP contribution in [0.2, 0.25) is 5.02 Å². The van der Waals surface area contributed by atoms with E-state index < -0.39 is 0 Å². The van der Waals surface area contributed by atoms with Crippen molar-refractivity contribution in [3.05, 3.63) is 46.6 Å². The number of nitrogens with zero attached hydrogens (tertiary/aromatic N) is 3. The lowest BCUT2D eigenvalue weighted by molar-refractivity contribution is 0.151. The van der Waals surface area contributed by atoms with Gasteiger partial charge in [0.25, 0.3) is 0 Å². The highest BCUT2D eigenvalue weighted by molar-refractivity contribution is 6.30. The molecule has 5 heteroatoms. The molecule has 3 rings (SSSR count). The van der Waals surface area contributed by atoms with E-state index in [2.05, 4.69) is 34.1 Å². The average Bonchev–Trinajstić information content (AvgIpc) is 2.93. The maximum Gasteiger partial charge on any atom is 0.229 e. The second-order valence-electron chi connectivity index (χ2n) is 5.72. The van der Waals surface area contributed by atoms with Crippen molar-refractivity contribution in [1.82, 2.24) is 15.0 Å². The summed E-state index contributed by atoms with van der Waals surface area (Å²) < 4.78 is 5.30. The monoisotopic (exact) mass is 305 g/mol. The van der Waals surface area contributed by atoms with E-state index in [1.165, 1.54) is 5.56 Å². The van der Waals surface area contributed by atoms with Gasteiger partial charge in [0.15, 0.2) is 5.82 Å². The number of piperidine rings is 1. The van der Waals surface area contributed by atoms with Gasteiger partial charge in [-0.05, 0) is 57.5 Å². The second kappa shape index (κ2) is 6.16. The van der Waals surface area contributed by atoms with Crippen molar-refractivity contribution >= 4 is 11.6 Å². The van der Waals surface area contributed by atoms with Gasteiger partial charge in [-0.15, -0.1) is 0 Å². The zero-order valence-corrected chi connectivity index (χ0v) is 13.2. The summed E-state index contributed by atoms with van der Waals surface area (Å²) in [7, 11) is 0. The van der Waals surface area contributed by atoms with Crippen LogP contribution in [-0.4, -0.2) is 28.1 Å². The van der Waals surface area contributed by atoms with Crippen molar-refractivity contribution in [1.29, 1.82) is 0 Å². The van der Waals surface area contributed by atoms with Crippen LogP contribution in [0.4, 0.5) is 0 Å². The van der Waals surface area contributed by atoms with E-state index in [4.69, 9.17) is 16.1 Å². The molecule has 0 bridgehead atoms. The molecule has 0 radical (unpaired) electrons. The Labute approximate surface area is 130 Å². The first-order valence-electron chi connectivity index (χ1n) is 7.43. The molecule has 2 aromatic rings. The van der Waals surface area contributed by atoms with E-state index >= 15 is 0 Å². The molecule has 0 spiro atoms. The summed E-state index contributed by atoms with van der Waals surface area (Å²) >= 11 is 6.09. The van der Waals surface area contributed by atoms with Crippen molar-refractivity contribution in [2.75, 3.05) is 13.1 Å². The van der Waals surface area contributed by atoms with Crippen LogP contribution in [0.5, 0.6) is 0 Å². The van der Waals surface area contributed by atoms with E-state index in [-0.39, 0.29) is 0 Å². The summed E-state index contributed by atoms with van der Waals surface area (Å²) in [6.07, 6.45) is 2.12. The van der Waals surface area contributed by atoms with E-state index in [0.29, 0.717) is 12.0 Å². The Morgan fingerprint density at radius 3 is 2.71 bits per heavy atom. The average molecular weight is 306 g/mol. The van der Waals surface area contributed by atoms with Crippen LogP contribution in [0, 0.1) is 6.92 Å². The maximum absolute atomic E-state index is 6.09. The molecular weight excluding hydrogens is 286 g/mol. The van der Waals surface area contributed by atoms with Crippen molar-refractivity contribution < 1.29 is 4.52 Å². The number of benzene rings is 1.